The topological polar surface area (TPSA) is 111 Å². The largest absolute Gasteiger partial charge is 0.396 e. The summed E-state index contributed by atoms with van der Waals surface area (Å²) in [6, 6.07) is 3.81. The maximum atomic E-state index is 12.2. The molecule has 0 saturated carbocycles. The Balaban J connectivity index is 1.81. The van der Waals surface area contributed by atoms with Gasteiger partial charge in [-0.15, -0.1) is 11.3 Å². The molecule has 4 rings (SSSR count). The van der Waals surface area contributed by atoms with Crippen LogP contribution in [0.1, 0.15) is 24.7 Å². The fourth-order valence-corrected chi connectivity index (χ4v) is 4.98. The first kappa shape index (κ1) is 20.4. The summed E-state index contributed by atoms with van der Waals surface area (Å²) < 4.78 is 25.7. The molecular formula is C19H20N6O3S2. The van der Waals surface area contributed by atoms with Crippen LogP contribution in [0.5, 0.6) is 0 Å². The number of anilines is 1. The molecule has 0 N–H and O–H groups in total. The number of aromatic nitrogens is 4. The second-order valence-electron chi connectivity index (χ2n) is 6.64. The molecule has 0 spiro atoms. The number of oxime groups is 1. The maximum Gasteiger partial charge on any atom is 0.233 e. The van der Waals surface area contributed by atoms with Gasteiger partial charge in [0.05, 0.1) is 23.0 Å². The minimum Gasteiger partial charge on any atom is -0.396 e. The van der Waals surface area contributed by atoms with Gasteiger partial charge in [-0.3, -0.25) is 9.29 Å². The number of nitrogens with zero attached hydrogens (tertiary/aromatic N) is 6. The molecule has 4 heterocycles. The number of fused-ring (bicyclic) bond motifs is 1. The van der Waals surface area contributed by atoms with Crippen molar-refractivity contribution in [1.82, 2.24) is 19.9 Å². The van der Waals surface area contributed by atoms with Gasteiger partial charge in [0.1, 0.15) is 28.7 Å². The Morgan fingerprint density at radius 1 is 1.30 bits per heavy atom. The van der Waals surface area contributed by atoms with Crippen molar-refractivity contribution in [2.75, 3.05) is 23.7 Å². The first-order valence-electron chi connectivity index (χ1n) is 9.30. The minimum absolute atomic E-state index is 0.247. The van der Waals surface area contributed by atoms with Crippen LogP contribution < -0.4 is 4.31 Å². The highest BCUT2D eigenvalue weighted by Gasteiger charge is 2.31. The molecule has 11 heteroatoms. The summed E-state index contributed by atoms with van der Waals surface area (Å²) >= 11 is 1.49. The third kappa shape index (κ3) is 3.90. The zero-order valence-electron chi connectivity index (χ0n) is 16.7. The van der Waals surface area contributed by atoms with E-state index in [0.717, 1.165) is 27.4 Å². The summed E-state index contributed by atoms with van der Waals surface area (Å²) in [6.45, 7) is 4.39. The van der Waals surface area contributed by atoms with Gasteiger partial charge in [0.15, 0.2) is 5.82 Å². The first-order chi connectivity index (χ1) is 14.4. The molecule has 30 heavy (non-hydrogen) atoms. The van der Waals surface area contributed by atoms with E-state index in [9.17, 15) is 8.42 Å². The highest BCUT2D eigenvalue weighted by atomic mass is 32.2. The predicted molar refractivity (Wildman–Crippen MR) is 116 cm³/mol. The molecule has 0 aromatic carbocycles. The second kappa shape index (κ2) is 8.07. The number of rotatable bonds is 5. The molecule has 9 nitrogen and oxygen atoms in total. The van der Waals surface area contributed by atoms with Gasteiger partial charge in [0, 0.05) is 30.9 Å². The molecule has 3 aromatic rings. The Labute approximate surface area is 178 Å². The van der Waals surface area contributed by atoms with Crippen molar-refractivity contribution in [3.8, 4) is 21.1 Å². The van der Waals surface area contributed by atoms with E-state index in [1.54, 1.807) is 18.6 Å². The molecule has 156 valence electrons. The average molecular weight is 445 g/mol. The zero-order chi connectivity index (χ0) is 21.3. The highest BCUT2D eigenvalue weighted by molar-refractivity contribution is 7.92. The van der Waals surface area contributed by atoms with Crippen LogP contribution in [-0.4, -0.2) is 53.5 Å². The standard InChI is InChI=1S/C19H20N6O3S2/c1-4-28-24-14-7-9-25(30(3,26)27)18-16(14)23-15(11-21-18)17-12(2)22-19(29-17)13-6-5-8-20-10-13/h5-6,8,10-11H,4,7,9H2,1-3H3. The third-order valence-corrected chi connectivity index (χ3v) is 6.84. The molecule has 0 aliphatic carbocycles. The average Bonchev–Trinajstić information content (AvgIpc) is 3.13. The van der Waals surface area contributed by atoms with E-state index in [4.69, 9.17) is 9.82 Å². The van der Waals surface area contributed by atoms with Crippen molar-refractivity contribution in [3.63, 3.8) is 0 Å². The van der Waals surface area contributed by atoms with Crippen molar-refractivity contribution < 1.29 is 13.3 Å². The Morgan fingerprint density at radius 3 is 2.83 bits per heavy atom. The molecule has 1 aliphatic rings. The Bertz CT molecular complexity index is 1210. The molecule has 0 unspecified atom stereocenters. The van der Waals surface area contributed by atoms with Crippen LogP contribution in [-0.2, 0) is 14.9 Å². The van der Waals surface area contributed by atoms with Crippen LogP contribution >= 0.6 is 11.3 Å². The molecule has 0 amide bonds. The van der Waals surface area contributed by atoms with E-state index in [-0.39, 0.29) is 12.4 Å². The predicted octanol–water partition coefficient (Wildman–Crippen LogP) is 2.88. The Morgan fingerprint density at radius 2 is 2.13 bits per heavy atom. The summed E-state index contributed by atoms with van der Waals surface area (Å²) in [5.41, 5.74) is 3.33. The van der Waals surface area contributed by atoms with E-state index in [0.29, 0.717) is 30.1 Å². The van der Waals surface area contributed by atoms with Gasteiger partial charge in [-0.1, -0.05) is 5.16 Å². The van der Waals surface area contributed by atoms with E-state index in [1.807, 2.05) is 26.0 Å². The van der Waals surface area contributed by atoms with Gasteiger partial charge in [-0.25, -0.2) is 23.4 Å². The van der Waals surface area contributed by atoms with Gasteiger partial charge in [0.25, 0.3) is 0 Å². The molecule has 0 bridgehead atoms. The quantitative estimate of drug-likeness (QED) is 0.556. The van der Waals surface area contributed by atoms with Crippen LogP contribution in [0.15, 0.2) is 35.9 Å². The van der Waals surface area contributed by atoms with Crippen LogP contribution in [0.25, 0.3) is 21.1 Å². The molecule has 0 atom stereocenters. The van der Waals surface area contributed by atoms with Crippen molar-refractivity contribution in [1.29, 1.82) is 0 Å². The number of hydrogen-bond acceptors (Lipinski definition) is 9. The lowest BCUT2D eigenvalue weighted by atomic mass is 10.1. The smallest absolute Gasteiger partial charge is 0.233 e. The van der Waals surface area contributed by atoms with Gasteiger partial charge in [-0.05, 0) is 26.0 Å². The summed E-state index contributed by atoms with van der Waals surface area (Å²) in [5, 5.41) is 4.97. The van der Waals surface area contributed by atoms with Crippen molar-refractivity contribution in [3.05, 3.63) is 42.1 Å². The number of aryl methyl sites for hydroxylation is 1. The fourth-order valence-electron chi connectivity index (χ4n) is 3.10. The molecule has 1 aliphatic heterocycles. The molecule has 0 radical (unpaired) electrons. The SMILES string of the molecule is CCON=C1CCN(S(C)(=O)=O)c2ncc(-c3sc(-c4cccnc4)nc3C)nc21. The normalized spacial score (nSPS) is 15.3. The van der Waals surface area contributed by atoms with E-state index >= 15 is 0 Å². The Hall–Kier alpha value is -2.92. The number of pyridine rings is 1. The maximum absolute atomic E-state index is 12.2. The van der Waals surface area contributed by atoms with Gasteiger partial charge in [-0.2, -0.15) is 0 Å². The molecule has 0 fully saturated rings. The second-order valence-corrected chi connectivity index (χ2v) is 9.55. The van der Waals surface area contributed by atoms with Gasteiger partial charge < -0.3 is 4.84 Å². The first-order valence-corrected chi connectivity index (χ1v) is 12.0. The van der Waals surface area contributed by atoms with Gasteiger partial charge >= 0.3 is 0 Å². The fraction of sp³-hybridized carbons (Fsp3) is 0.316. The van der Waals surface area contributed by atoms with Crippen molar-refractivity contribution in [2.24, 2.45) is 5.16 Å². The van der Waals surface area contributed by atoms with Crippen LogP contribution in [0, 0.1) is 6.92 Å². The third-order valence-electron chi connectivity index (χ3n) is 4.46. The van der Waals surface area contributed by atoms with Crippen LogP contribution in [0.2, 0.25) is 0 Å². The van der Waals surface area contributed by atoms with E-state index < -0.39 is 10.0 Å². The lowest BCUT2D eigenvalue weighted by Crippen LogP contribution is -2.38. The van der Waals surface area contributed by atoms with Crippen LogP contribution in [0.3, 0.4) is 0 Å². The summed E-state index contributed by atoms with van der Waals surface area (Å²) in [4.78, 5) is 24.0. The number of sulfonamides is 1. The number of hydrogen-bond donors (Lipinski definition) is 0. The van der Waals surface area contributed by atoms with E-state index in [1.165, 1.54) is 15.6 Å². The van der Waals surface area contributed by atoms with Crippen molar-refractivity contribution >= 4 is 32.9 Å². The lowest BCUT2D eigenvalue weighted by molar-refractivity contribution is 0.158. The molecule has 0 saturated heterocycles. The highest BCUT2D eigenvalue weighted by Crippen LogP contribution is 2.35. The molecular weight excluding hydrogens is 424 g/mol. The minimum atomic E-state index is -3.48. The summed E-state index contributed by atoms with van der Waals surface area (Å²) in [6.07, 6.45) is 6.60. The summed E-state index contributed by atoms with van der Waals surface area (Å²) in [7, 11) is -3.48. The monoisotopic (exact) mass is 444 g/mol. The zero-order valence-corrected chi connectivity index (χ0v) is 18.4. The molecule has 3 aromatic heterocycles. The Kier molecular flexibility index (Phi) is 5.48. The lowest BCUT2D eigenvalue weighted by Gasteiger charge is -2.27. The van der Waals surface area contributed by atoms with Crippen molar-refractivity contribution in [2.45, 2.75) is 20.3 Å². The van der Waals surface area contributed by atoms with Crippen LogP contribution in [0.4, 0.5) is 5.82 Å². The summed E-state index contributed by atoms with van der Waals surface area (Å²) in [5.74, 6) is 0.264. The van der Waals surface area contributed by atoms with Gasteiger partial charge in [0.2, 0.25) is 10.0 Å². The number of thiazole rings is 1. The van der Waals surface area contributed by atoms with E-state index in [2.05, 4.69) is 20.1 Å².